The number of benzene rings is 1. The second-order valence-electron chi connectivity index (χ2n) is 2.40. The lowest BCUT2D eigenvalue weighted by atomic mass is 10.2. The maximum Gasteiger partial charge on any atom is 0.338 e. The molecule has 0 bridgehead atoms. The third-order valence-corrected chi connectivity index (χ3v) is 2.11. The van der Waals surface area contributed by atoms with Gasteiger partial charge in [-0.1, -0.05) is 6.07 Å². The minimum absolute atomic E-state index is 0.281. The van der Waals surface area contributed by atoms with Crippen LogP contribution >= 0.6 is 22.9 Å². The molecule has 1 aromatic rings. The van der Waals surface area contributed by atoms with Crippen LogP contribution in [0.3, 0.4) is 0 Å². The summed E-state index contributed by atoms with van der Waals surface area (Å²) in [5, 5.41) is 0. The highest BCUT2D eigenvalue weighted by Gasteiger charge is 2.05. The molecule has 1 N–H and O–H groups in total. The second kappa shape index (κ2) is 5.06. The molecule has 0 atom stereocenters. The molecule has 0 aromatic heterocycles. The Bertz CT molecular complexity index is 301. The van der Waals surface area contributed by atoms with Crippen molar-refractivity contribution in [1.82, 2.24) is 0 Å². The number of rotatable bonds is 3. The number of carbonyl (C=O) groups excluding carboxylic acids is 1. The Morgan fingerprint density at radius 1 is 1.62 bits per heavy atom. The third kappa shape index (κ3) is 2.87. The van der Waals surface area contributed by atoms with Gasteiger partial charge in [-0.15, -0.1) is 0 Å². The van der Waals surface area contributed by atoms with Gasteiger partial charge in [0.1, 0.15) is 0 Å². The number of anilines is 1. The molecule has 0 aliphatic rings. The number of esters is 1. The predicted molar refractivity (Wildman–Crippen MR) is 60.0 cm³/mol. The maximum atomic E-state index is 11.3. The van der Waals surface area contributed by atoms with E-state index in [1.807, 2.05) is 35.0 Å². The standard InChI is InChI=1S/C9H10INO2/c1-2-13-9(12)7-4-3-5-8(6-7)11-10/h3-6,11H,2H2,1H3. The van der Waals surface area contributed by atoms with Crippen molar-refractivity contribution in [3.05, 3.63) is 29.8 Å². The quantitative estimate of drug-likeness (QED) is 0.528. The Kier molecular flexibility index (Phi) is 4.01. The molecule has 1 aromatic carbocycles. The summed E-state index contributed by atoms with van der Waals surface area (Å²) < 4.78 is 7.78. The molecule has 0 radical (unpaired) electrons. The summed E-state index contributed by atoms with van der Waals surface area (Å²) in [7, 11) is 0. The number of hydrogen-bond acceptors (Lipinski definition) is 3. The average molecular weight is 291 g/mol. The Labute approximate surface area is 91.0 Å². The summed E-state index contributed by atoms with van der Waals surface area (Å²) in [5.74, 6) is -0.281. The molecule has 0 amide bonds. The molecule has 0 aliphatic carbocycles. The van der Waals surface area contributed by atoms with Crippen LogP contribution in [-0.2, 0) is 4.74 Å². The van der Waals surface area contributed by atoms with E-state index in [-0.39, 0.29) is 5.97 Å². The Hall–Kier alpha value is -0.780. The van der Waals surface area contributed by atoms with Crippen molar-refractivity contribution in [3.8, 4) is 0 Å². The molecule has 0 saturated heterocycles. The highest BCUT2D eigenvalue weighted by Crippen LogP contribution is 2.12. The molecule has 0 fully saturated rings. The highest BCUT2D eigenvalue weighted by molar-refractivity contribution is 14.1. The van der Waals surface area contributed by atoms with Gasteiger partial charge in [-0.25, -0.2) is 4.79 Å². The molecular weight excluding hydrogens is 281 g/mol. The Balaban J connectivity index is 2.82. The van der Waals surface area contributed by atoms with E-state index in [1.165, 1.54) is 0 Å². The fourth-order valence-corrected chi connectivity index (χ4v) is 1.25. The summed E-state index contributed by atoms with van der Waals surface area (Å²) in [6.45, 7) is 2.19. The van der Waals surface area contributed by atoms with Gasteiger partial charge in [0.2, 0.25) is 0 Å². The summed E-state index contributed by atoms with van der Waals surface area (Å²) in [6.07, 6.45) is 0. The fraction of sp³-hybridized carbons (Fsp3) is 0.222. The summed E-state index contributed by atoms with van der Waals surface area (Å²) in [6, 6.07) is 7.18. The van der Waals surface area contributed by atoms with E-state index in [9.17, 15) is 4.79 Å². The van der Waals surface area contributed by atoms with Gasteiger partial charge >= 0.3 is 5.97 Å². The molecular formula is C9H10INO2. The topological polar surface area (TPSA) is 38.3 Å². The number of ether oxygens (including phenoxy) is 1. The van der Waals surface area contributed by atoms with Gasteiger partial charge in [-0.05, 0) is 25.1 Å². The first kappa shape index (κ1) is 10.3. The van der Waals surface area contributed by atoms with Crippen LogP contribution < -0.4 is 3.53 Å². The van der Waals surface area contributed by atoms with Crippen LogP contribution in [0.5, 0.6) is 0 Å². The lowest BCUT2D eigenvalue weighted by molar-refractivity contribution is 0.0526. The minimum Gasteiger partial charge on any atom is -0.462 e. The molecule has 0 spiro atoms. The molecule has 0 unspecified atom stereocenters. The zero-order valence-electron chi connectivity index (χ0n) is 7.21. The minimum atomic E-state index is -0.281. The Morgan fingerprint density at radius 3 is 3.00 bits per heavy atom. The summed E-state index contributed by atoms with van der Waals surface area (Å²) in [4.78, 5) is 11.3. The van der Waals surface area contributed by atoms with Gasteiger partial charge in [-0.2, -0.15) is 0 Å². The van der Waals surface area contributed by atoms with Crippen molar-refractivity contribution in [2.75, 3.05) is 10.1 Å². The van der Waals surface area contributed by atoms with E-state index < -0.39 is 0 Å². The summed E-state index contributed by atoms with van der Waals surface area (Å²) >= 11 is 2.01. The van der Waals surface area contributed by atoms with Crippen molar-refractivity contribution >= 4 is 34.5 Å². The van der Waals surface area contributed by atoms with Crippen molar-refractivity contribution in [3.63, 3.8) is 0 Å². The number of halogens is 1. The van der Waals surface area contributed by atoms with Crippen LogP contribution in [0.25, 0.3) is 0 Å². The second-order valence-corrected chi connectivity index (χ2v) is 2.94. The molecule has 70 valence electrons. The van der Waals surface area contributed by atoms with Crippen LogP contribution in [-0.4, -0.2) is 12.6 Å². The molecule has 3 nitrogen and oxygen atoms in total. The van der Waals surface area contributed by atoms with Crippen molar-refractivity contribution in [2.24, 2.45) is 0 Å². The Morgan fingerprint density at radius 2 is 2.38 bits per heavy atom. The monoisotopic (exact) mass is 291 g/mol. The zero-order valence-corrected chi connectivity index (χ0v) is 9.37. The molecule has 0 heterocycles. The first-order valence-corrected chi connectivity index (χ1v) is 4.99. The molecule has 0 aliphatic heterocycles. The van der Waals surface area contributed by atoms with E-state index >= 15 is 0 Å². The fourth-order valence-electron chi connectivity index (χ4n) is 0.919. The predicted octanol–water partition coefficient (Wildman–Crippen LogP) is 2.63. The van der Waals surface area contributed by atoms with Gasteiger partial charge in [0.05, 0.1) is 35.0 Å². The van der Waals surface area contributed by atoms with Crippen molar-refractivity contribution in [2.45, 2.75) is 6.92 Å². The smallest absolute Gasteiger partial charge is 0.338 e. The third-order valence-electron chi connectivity index (χ3n) is 1.48. The van der Waals surface area contributed by atoms with Gasteiger partial charge < -0.3 is 8.27 Å². The molecule has 13 heavy (non-hydrogen) atoms. The SMILES string of the molecule is CCOC(=O)c1cccc(NI)c1. The number of carbonyl (C=O) groups is 1. The van der Waals surface area contributed by atoms with Gasteiger partial charge in [0.15, 0.2) is 0 Å². The lowest BCUT2D eigenvalue weighted by Gasteiger charge is -2.03. The maximum absolute atomic E-state index is 11.3. The van der Waals surface area contributed by atoms with E-state index in [2.05, 4.69) is 3.53 Å². The lowest BCUT2D eigenvalue weighted by Crippen LogP contribution is -2.04. The van der Waals surface area contributed by atoms with E-state index in [1.54, 1.807) is 19.1 Å². The normalized spacial score (nSPS) is 9.38. The van der Waals surface area contributed by atoms with Crippen LogP contribution in [0.2, 0.25) is 0 Å². The average Bonchev–Trinajstić information content (AvgIpc) is 2.18. The van der Waals surface area contributed by atoms with E-state index in [4.69, 9.17) is 4.74 Å². The largest absolute Gasteiger partial charge is 0.462 e. The van der Waals surface area contributed by atoms with E-state index in [0.29, 0.717) is 12.2 Å². The molecule has 4 heteroatoms. The first-order valence-electron chi connectivity index (χ1n) is 3.91. The van der Waals surface area contributed by atoms with Crippen LogP contribution in [0.1, 0.15) is 17.3 Å². The van der Waals surface area contributed by atoms with Crippen molar-refractivity contribution < 1.29 is 9.53 Å². The highest BCUT2D eigenvalue weighted by atomic mass is 127. The zero-order chi connectivity index (χ0) is 9.68. The summed E-state index contributed by atoms with van der Waals surface area (Å²) in [5.41, 5.74) is 1.47. The molecule has 1 rings (SSSR count). The molecule has 0 saturated carbocycles. The van der Waals surface area contributed by atoms with Gasteiger partial charge in [-0.3, -0.25) is 0 Å². The van der Waals surface area contributed by atoms with Gasteiger partial charge in [0.25, 0.3) is 0 Å². The first-order chi connectivity index (χ1) is 6.27. The number of nitrogens with one attached hydrogen (secondary N) is 1. The van der Waals surface area contributed by atoms with Crippen LogP contribution in [0, 0.1) is 0 Å². The number of hydrogen-bond donors (Lipinski definition) is 1. The van der Waals surface area contributed by atoms with Crippen LogP contribution in [0.15, 0.2) is 24.3 Å². The van der Waals surface area contributed by atoms with Gasteiger partial charge in [0, 0.05) is 5.69 Å². The van der Waals surface area contributed by atoms with Crippen molar-refractivity contribution in [1.29, 1.82) is 0 Å². The van der Waals surface area contributed by atoms with Crippen LogP contribution in [0.4, 0.5) is 5.69 Å². The van der Waals surface area contributed by atoms with E-state index in [0.717, 1.165) is 5.69 Å².